The van der Waals surface area contributed by atoms with Gasteiger partial charge in [0.25, 0.3) is 0 Å². The van der Waals surface area contributed by atoms with E-state index < -0.39 is 5.41 Å². The average molecular weight is 265 g/mol. The van der Waals surface area contributed by atoms with Crippen molar-refractivity contribution in [3.63, 3.8) is 0 Å². The van der Waals surface area contributed by atoms with Gasteiger partial charge in [0.1, 0.15) is 5.69 Å². The molecule has 5 nitrogen and oxygen atoms in total. The summed E-state index contributed by atoms with van der Waals surface area (Å²) in [6.07, 6.45) is 5.50. The van der Waals surface area contributed by atoms with Crippen LogP contribution in [0.5, 0.6) is 5.75 Å². The summed E-state index contributed by atoms with van der Waals surface area (Å²) < 4.78 is 7.05. The molecule has 1 aliphatic rings. The Kier molecular flexibility index (Phi) is 3.94. The summed E-state index contributed by atoms with van der Waals surface area (Å²) in [5.41, 5.74) is 6.06. The molecule has 0 saturated heterocycles. The molecule has 19 heavy (non-hydrogen) atoms. The van der Waals surface area contributed by atoms with E-state index in [4.69, 9.17) is 10.5 Å². The average Bonchev–Trinajstić information content (AvgIpc) is 3.04. The summed E-state index contributed by atoms with van der Waals surface area (Å²) in [4.78, 5) is 12.9. The molecule has 0 amide bonds. The summed E-state index contributed by atoms with van der Waals surface area (Å²) in [6, 6.07) is 0.124. The number of nitrogens with two attached hydrogens (primary N) is 1. The Balaban J connectivity index is 2.45. The topological polar surface area (TPSA) is 70.1 Å². The lowest BCUT2D eigenvalue weighted by molar-refractivity contribution is 0.0792. The molecule has 1 saturated carbocycles. The number of hydrogen-bond acceptors (Lipinski definition) is 4. The molecule has 2 rings (SSSR count). The SMILES string of the molecule is COc1cnn(C(C)C)c1C(=O)C1(CN)CCCC1. The van der Waals surface area contributed by atoms with Crippen LogP contribution in [0.1, 0.15) is 56.1 Å². The standard InChI is InChI=1S/C14H23N3O2/c1-10(2)17-12(11(19-3)8-16-17)13(18)14(9-15)6-4-5-7-14/h8,10H,4-7,9,15H2,1-3H3. The zero-order chi connectivity index (χ0) is 14.0. The fourth-order valence-electron chi connectivity index (χ4n) is 2.93. The first-order valence-electron chi connectivity index (χ1n) is 6.92. The van der Waals surface area contributed by atoms with Crippen LogP contribution in [-0.2, 0) is 0 Å². The normalized spacial score (nSPS) is 17.9. The number of carbonyl (C=O) groups excluding carboxylic acids is 1. The third-order valence-corrected chi connectivity index (χ3v) is 4.12. The molecule has 1 aromatic heterocycles. The third-order valence-electron chi connectivity index (χ3n) is 4.12. The number of nitrogens with zero attached hydrogens (tertiary/aromatic N) is 2. The Morgan fingerprint density at radius 2 is 2.16 bits per heavy atom. The molecule has 1 aromatic rings. The van der Waals surface area contributed by atoms with Crippen LogP contribution in [0.25, 0.3) is 0 Å². The van der Waals surface area contributed by atoms with Crippen molar-refractivity contribution in [2.45, 2.75) is 45.6 Å². The van der Waals surface area contributed by atoms with Crippen LogP contribution in [0, 0.1) is 5.41 Å². The minimum Gasteiger partial charge on any atom is -0.493 e. The van der Waals surface area contributed by atoms with Crippen molar-refractivity contribution in [1.29, 1.82) is 0 Å². The summed E-state index contributed by atoms with van der Waals surface area (Å²) in [5, 5.41) is 4.27. The van der Waals surface area contributed by atoms with Crippen LogP contribution in [0.2, 0.25) is 0 Å². The number of aromatic nitrogens is 2. The van der Waals surface area contributed by atoms with E-state index in [1.807, 2.05) is 13.8 Å². The zero-order valence-electron chi connectivity index (χ0n) is 12.0. The molecule has 0 radical (unpaired) electrons. The number of rotatable bonds is 5. The van der Waals surface area contributed by atoms with Gasteiger partial charge in [-0.05, 0) is 26.7 Å². The largest absolute Gasteiger partial charge is 0.493 e. The summed E-state index contributed by atoms with van der Waals surface area (Å²) >= 11 is 0. The van der Waals surface area contributed by atoms with Gasteiger partial charge in [0, 0.05) is 18.0 Å². The van der Waals surface area contributed by atoms with Gasteiger partial charge in [0.05, 0.1) is 13.3 Å². The molecule has 1 aliphatic carbocycles. The molecule has 1 heterocycles. The Labute approximate surface area is 114 Å². The minimum absolute atomic E-state index is 0.0931. The van der Waals surface area contributed by atoms with Gasteiger partial charge in [0.2, 0.25) is 0 Å². The maximum atomic E-state index is 12.9. The number of ether oxygens (including phenoxy) is 1. The molecule has 5 heteroatoms. The van der Waals surface area contributed by atoms with Gasteiger partial charge >= 0.3 is 0 Å². The van der Waals surface area contributed by atoms with Crippen molar-refractivity contribution < 1.29 is 9.53 Å². The maximum absolute atomic E-state index is 12.9. The number of ketones is 1. The van der Waals surface area contributed by atoms with Crippen LogP contribution < -0.4 is 10.5 Å². The molecule has 0 bridgehead atoms. The second-order valence-corrected chi connectivity index (χ2v) is 5.62. The van der Waals surface area contributed by atoms with Gasteiger partial charge in [-0.25, -0.2) is 0 Å². The number of carbonyl (C=O) groups is 1. The van der Waals surface area contributed by atoms with E-state index in [1.165, 1.54) is 0 Å². The van der Waals surface area contributed by atoms with E-state index in [0.29, 0.717) is 18.0 Å². The van der Waals surface area contributed by atoms with E-state index in [1.54, 1.807) is 18.0 Å². The Morgan fingerprint density at radius 1 is 1.53 bits per heavy atom. The van der Waals surface area contributed by atoms with E-state index in [2.05, 4.69) is 5.10 Å². The molecule has 0 unspecified atom stereocenters. The second-order valence-electron chi connectivity index (χ2n) is 5.62. The van der Waals surface area contributed by atoms with Crippen molar-refractivity contribution in [1.82, 2.24) is 9.78 Å². The highest BCUT2D eigenvalue weighted by Crippen LogP contribution is 2.41. The first-order chi connectivity index (χ1) is 9.05. The van der Waals surface area contributed by atoms with E-state index in [0.717, 1.165) is 25.7 Å². The van der Waals surface area contributed by atoms with Crippen LogP contribution in [0.4, 0.5) is 0 Å². The monoisotopic (exact) mass is 265 g/mol. The molecule has 1 fully saturated rings. The van der Waals surface area contributed by atoms with Crippen molar-refractivity contribution in [3.8, 4) is 5.75 Å². The number of hydrogen-bond donors (Lipinski definition) is 1. The van der Waals surface area contributed by atoms with E-state index >= 15 is 0 Å². The van der Waals surface area contributed by atoms with Crippen molar-refractivity contribution >= 4 is 5.78 Å². The highest BCUT2D eigenvalue weighted by Gasteiger charge is 2.43. The first-order valence-corrected chi connectivity index (χ1v) is 6.92. The van der Waals surface area contributed by atoms with Crippen LogP contribution in [0.15, 0.2) is 6.20 Å². The fourth-order valence-corrected chi connectivity index (χ4v) is 2.93. The molecule has 0 aliphatic heterocycles. The second kappa shape index (κ2) is 5.33. The molecule has 106 valence electrons. The van der Waals surface area contributed by atoms with Gasteiger partial charge in [-0.15, -0.1) is 0 Å². The smallest absolute Gasteiger partial charge is 0.192 e. The van der Waals surface area contributed by atoms with Gasteiger partial charge in [-0.2, -0.15) is 5.10 Å². The molecule has 0 aromatic carbocycles. The number of Topliss-reactive ketones (excluding diaryl/α,β-unsaturated/α-hetero) is 1. The van der Waals surface area contributed by atoms with Crippen LogP contribution >= 0.6 is 0 Å². The Bertz CT molecular complexity index is 459. The molecular formula is C14H23N3O2. The molecule has 0 spiro atoms. The number of methoxy groups -OCH3 is 1. The quantitative estimate of drug-likeness (QED) is 0.828. The predicted octanol–water partition coefficient (Wildman–Crippen LogP) is 2.17. The molecule has 0 atom stereocenters. The zero-order valence-corrected chi connectivity index (χ0v) is 12.0. The maximum Gasteiger partial charge on any atom is 0.192 e. The van der Waals surface area contributed by atoms with Crippen LogP contribution in [0.3, 0.4) is 0 Å². The molecular weight excluding hydrogens is 242 g/mol. The molecule has 2 N–H and O–H groups in total. The van der Waals surface area contributed by atoms with Crippen LogP contribution in [-0.4, -0.2) is 29.2 Å². The summed E-state index contributed by atoms with van der Waals surface area (Å²) in [7, 11) is 1.57. The van der Waals surface area contributed by atoms with Crippen molar-refractivity contribution in [2.24, 2.45) is 11.1 Å². The lowest BCUT2D eigenvalue weighted by Gasteiger charge is -2.26. The first kappa shape index (κ1) is 14.1. The fraction of sp³-hybridized carbons (Fsp3) is 0.714. The van der Waals surface area contributed by atoms with Gasteiger partial charge < -0.3 is 10.5 Å². The highest BCUT2D eigenvalue weighted by molar-refractivity contribution is 6.01. The van der Waals surface area contributed by atoms with Crippen molar-refractivity contribution in [2.75, 3.05) is 13.7 Å². The summed E-state index contributed by atoms with van der Waals surface area (Å²) in [5.74, 6) is 0.647. The van der Waals surface area contributed by atoms with E-state index in [-0.39, 0.29) is 11.8 Å². The van der Waals surface area contributed by atoms with Crippen molar-refractivity contribution in [3.05, 3.63) is 11.9 Å². The minimum atomic E-state index is -0.417. The Hall–Kier alpha value is -1.36. The lowest BCUT2D eigenvalue weighted by Crippen LogP contribution is -2.37. The third kappa shape index (κ3) is 2.27. The van der Waals surface area contributed by atoms with Gasteiger partial charge in [0.15, 0.2) is 11.5 Å². The van der Waals surface area contributed by atoms with E-state index in [9.17, 15) is 4.79 Å². The summed E-state index contributed by atoms with van der Waals surface area (Å²) in [6.45, 7) is 4.41. The Morgan fingerprint density at radius 3 is 2.63 bits per heavy atom. The highest BCUT2D eigenvalue weighted by atomic mass is 16.5. The lowest BCUT2D eigenvalue weighted by atomic mass is 9.80. The van der Waals surface area contributed by atoms with Gasteiger partial charge in [-0.1, -0.05) is 12.8 Å². The van der Waals surface area contributed by atoms with Gasteiger partial charge in [-0.3, -0.25) is 9.48 Å². The predicted molar refractivity (Wildman–Crippen MR) is 73.4 cm³/mol.